The molecule has 1 N–H and O–H groups in total. The minimum Gasteiger partial charge on any atom is -0.306 e. The Bertz CT molecular complexity index is 488. The molecule has 2 aromatic rings. The quantitative estimate of drug-likeness (QED) is 0.881. The van der Waals surface area contributed by atoms with Crippen LogP contribution in [0.25, 0.3) is 0 Å². The lowest BCUT2D eigenvalue weighted by Gasteiger charge is -2.04. The summed E-state index contributed by atoms with van der Waals surface area (Å²) in [6, 6.07) is 5.57. The molecule has 0 aliphatic rings. The monoisotopic (exact) mass is 235 g/mol. The minimum absolute atomic E-state index is 0.440. The first-order valence-corrected chi connectivity index (χ1v) is 5.16. The molecule has 0 radical (unpaired) electrons. The Balaban J connectivity index is 1.88. The zero-order valence-electron chi connectivity index (χ0n) is 9.03. The first-order chi connectivity index (χ1) is 8.25. The zero-order valence-corrected chi connectivity index (χ0v) is 9.03. The third kappa shape index (κ3) is 3.29. The highest BCUT2D eigenvalue weighted by Gasteiger charge is 2.02. The number of benzene rings is 1. The topological polar surface area (TPSA) is 37.8 Å². The largest absolute Gasteiger partial charge is 0.306 e. The maximum absolute atomic E-state index is 12.9. The van der Waals surface area contributed by atoms with Gasteiger partial charge in [-0.1, -0.05) is 6.07 Å². The molecule has 0 aliphatic heterocycles. The van der Waals surface area contributed by atoms with Crippen molar-refractivity contribution in [3.63, 3.8) is 0 Å². The summed E-state index contributed by atoms with van der Waals surface area (Å²) in [6.07, 6.45) is 3.31. The third-order valence-corrected chi connectivity index (χ3v) is 2.22. The van der Waals surface area contributed by atoms with Gasteiger partial charge in [0.05, 0.1) is 6.54 Å². The lowest BCUT2D eigenvalue weighted by molar-refractivity contribution is 0.506. The molecule has 88 valence electrons. The molecule has 0 amide bonds. The van der Waals surface area contributed by atoms with Crippen LogP contribution in [0.5, 0.6) is 0 Å². The molecule has 2 rings (SSSR count). The van der Waals surface area contributed by atoms with Crippen molar-refractivity contribution in [2.45, 2.75) is 13.1 Å². The molecule has 1 aromatic heterocycles. The van der Waals surface area contributed by atoms with E-state index in [1.165, 1.54) is 12.1 Å². The van der Waals surface area contributed by atoms with Crippen LogP contribution < -0.4 is 5.32 Å². The summed E-state index contributed by atoms with van der Waals surface area (Å²) in [7, 11) is 0. The Labute approximate surface area is 97.5 Å². The van der Waals surface area contributed by atoms with E-state index >= 15 is 0 Å². The SMILES string of the molecule is Fc1ccc(CNCc2ncccn2)cc1F. The van der Waals surface area contributed by atoms with Crippen LogP contribution in [-0.2, 0) is 13.1 Å². The Hall–Kier alpha value is -1.88. The van der Waals surface area contributed by atoms with Crippen LogP contribution in [0.15, 0.2) is 36.7 Å². The van der Waals surface area contributed by atoms with Crippen molar-refractivity contribution in [2.24, 2.45) is 0 Å². The molecule has 0 saturated carbocycles. The van der Waals surface area contributed by atoms with E-state index in [9.17, 15) is 8.78 Å². The Morgan fingerprint density at radius 3 is 2.47 bits per heavy atom. The van der Waals surface area contributed by atoms with Crippen LogP contribution in [0.3, 0.4) is 0 Å². The number of hydrogen-bond donors (Lipinski definition) is 1. The number of nitrogens with zero attached hydrogens (tertiary/aromatic N) is 2. The van der Waals surface area contributed by atoms with Crippen molar-refractivity contribution in [3.8, 4) is 0 Å². The summed E-state index contributed by atoms with van der Waals surface area (Å²) in [4.78, 5) is 8.07. The van der Waals surface area contributed by atoms with Gasteiger partial charge in [0.1, 0.15) is 5.82 Å². The van der Waals surface area contributed by atoms with Crippen LogP contribution in [0, 0.1) is 11.6 Å². The van der Waals surface area contributed by atoms with E-state index in [0.717, 1.165) is 6.07 Å². The highest BCUT2D eigenvalue weighted by atomic mass is 19.2. The van der Waals surface area contributed by atoms with Gasteiger partial charge in [-0.3, -0.25) is 0 Å². The molecular formula is C12H11F2N3. The van der Waals surface area contributed by atoms with Crippen molar-refractivity contribution in [1.29, 1.82) is 0 Å². The van der Waals surface area contributed by atoms with Gasteiger partial charge in [0.2, 0.25) is 0 Å². The van der Waals surface area contributed by atoms with E-state index in [-0.39, 0.29) is 0 Å². The normalized spacial score (nSPS) is 10.5. The number of rotatable bonds is 4. The van der Waals surface area contributed by atoms with Crippen molar-refractivity contribution in [3.05, 3.63) is 59.7 Å². The lowest BCUT2D eigenvalue weighted by atomic mass is 10.2. The van der Waals surface area contributed by atoms with Gasteiger partial charge in [0, 0.05) is 18.9 Å². The van der Waals surface area contributed by atoms with Crippen molar-refractivity contribution < 1.29 is 8.78 Å². The number of nitrogens with one attached hydrogen (secondary N) is 1. The highest BCUT2D eigenvalue weighted by Crippen LogP contribution is 2.08. The molecule has 0 fully saturated rings. The molecule has 17 heavy (non-hydrogen) atoms. The van der Waals surface area contributed by atoms with Gasteiger partial charge in [-0.2, -0.15) is 0 Å². The summed E-state index contributed by atoms with van der Waals surface area (Å²) in [5.41, 5.74) is 0.680. The molecule has 1 aromatic carbocycles. The fourth-order valence-corrected chi connectivity index (χ4v) is 1.39. The second-order valence-electron chi connectivity index (χ2n) is 3.52. The third-order valence-electron chi connectivity index (χ3n) is 2.22. The van der Waals surface area contributed by atoms with E-state index in [0.29, 0.717) is 24.5 Å². The molecular weight excluding hydrogens is 224 g/mol. The molecule has 3 nitrogen and oxygen atoms in total. The predicted octanol–water partition coefficient (Wildman–Crippen LogP) is 2.04. The minimum atomic E-state index is -0.833. The van der Waals surface area contributed by atoms with Crippen molar-refractivity contribution >= 4 is 0 Å². The lowest BCUT2D eigenvalue weighted by Crippen LogP contribution is -2.14. The molecule has 0 aliphatic carbocycles. The second kappa shape index (κ2) is 5.45. The average Bonchev–Trinajstić information content (AvgIpc) is 2.35. The number of aromatic nitrogens is 2. The van der Waals surface area contributed by atoms with Gasteiger partial charge >= 0.3 is 0 Å². The average molecular weight is 235 g/mol. The van der Waals surface area contributed by atoms with E-state index < -0.39 is 11.6 Å². The van der Waals surface area contributed by atoms with Gasteiger partial charge in [0.15, 0.2) is 11.6 Å². The van der Waals surface area contributed by atoms with Crippen LogP contribution in [0.4, 0.5) is 8.78 Å². The molecule has 5 heteroatoms. The van der Waals surface area contributed by atoms with Gasteiger partial charge in [0.25, 0.3) is 0 Å². The molecule has 0 saturated heterocycles. The van der Waals surface area contributed by atoms with E-state index in [2.05, 4.69) is 15.3 Å². The first-order valence-electron chi connectivity index (χ1n) is 5.16. The first kappa shape index (κ1) is 11.6. The van der Waals surface area contributed by atoms with Gasteiger partial charge in [-0.05, 0) is 23.8 Å². The molecule has 0 atom stereocenters. The zero-order chi connectivity index (χ0) is 12.1. The Morgan fingerprint density at radius 1 is 1.00 bits per heavy atom. The highest BCUT2D eigenvalue weighted by molar-refractivity contribution is 5.17. The van der Waals surface area contributed by atoms with Crippen molar-refractivity contribution in [1.82, 2.24) is 15.3 Å². The maximum atomic E-state index is 12.9. The van der Waals surface area contributed by atoms with Crippen LogP contribution in [0.1, 0.15) is 11.4 Å². The maximum Gasteiger partial charge on any atom is 0.159 e. The molecule has 0 unspecified atom stereocenters. The smallest absolute Gasteiger partial charge is 0.159 e. The summed E-state index contributed by atoms with van der Waals surface area (Å²) in [5.74, 6) is -1.00. The van der Waals surface area contributed by atoms with E-state index in [4.69, 9.17) is 0 Å². The van der Waals surface area contributed by atoms with Crippen LogP contribution in [-0.4, -0.2) is 9.97 Å². The summed E-state index contributed by atoms with van der Waals surface area (Å²) in [6.45, 7) is 0.926. The van der Waals surface area contributed by atoms with Gasteiger partial charge in [-0.25, -0.2) is 18.7 Å². The van der Waals surface area contributed by atoms with Crippen LogP contribution >= 0.6 is 0 Å². The van der Waals surface area contributed by atoms with E-state index in [1.807, 2.05) is 0 Å². The second-order valence-corrected chi connectivity index (χ2v) is 3.52. The number of hydrogen-bond acceptors (Lipinski definition) is 3. The van der Waals surface area contributed by atoms with Gasteiger partial charge in [-0.15, -0.1) is 0 Å². The summed E-state index contributed by atoms with van der Waals surface area (Å²) < 4.78 is 25.6. The predicted molar refractivity (Wildman–Crippen MR) is 58.9 cm³/mol. The van der Waals surface area contributed by atoms with Crippen LogP contribution in [0.2, 0.25) is 0 Å². The molecule has 1 heterocycles. The Morgan fingerprint density at radius 2 is 1.76 bits per heavy atom. The van der Waals surface area contributed by atoms with E-state index in [1.54, 1.807) is 18.5 Å². The summed E-state index contributed by atoms with van der Waals surface area (Å²) >= 11 is 0. The number of halogens is 2. The molecule has 0 bridgehead atoms. The standard InChI is InChI=1S/C12H11F2N3/c13-10-3-2-9(6-11(10)14)7-15-8-12-16-4-1-5-17-12/h1-6,15H,7-8H2. The fourth-order valence-electron chi connectivity index (χ4n) is 1.39. The molecule has 0 spiro atoms. The van der Waals surface area contributed by atoms with Gasteiger partial charge < -0.3 is 5.32 Å². The Kier molecular flexibility index (Phi) is 3.72. The fraction of sp³-hybridized carbons (Fsp3) is 0.167. The summed E-state index contributed by atoms with van der Waals surface area (Å²) in [5, 5.41) is 3.05. The van der Waals surface area contributed by atoms with Crippen molar-refractivity contribution in [2.75, 3.05) is 0 Å².